The van der Waals surface area contributed by atoms with E-state index in [0.717, 1.165) is 18.4 Å². The van der Waals surface area contributed by atoms with Gasteiger partial charge in [0.25, 0.3) is 0 Å². The summed E-state index contributed by atoms with van der Waals surface area (Å²) >= 11 is 12.4. The van der Waals surface area contributed by atoms with E-state index in [1.54, 1.807) is 17.1 Å². The van der Waals surface area contributed by atoms with E-state index in [0.29, 0.717) is 29.8 Å². The molecule has 1 heterocycles. The van der Waals surface area contributed by atoms with Crippen LogP contribution in [0.2, 0.25) is 10.0 Å². The highest BCUT2D eigenvalue weighted by Gasteiger charge is 2.17. The molecular formula is C20H21Cl2N3O. The molecule has 0 radical (unpaired) electrons. The van der Waals surface area contributed by atoms with Crippen molar-refractivity contribution in [1.29, 1.82) is 0 Å². The molecule has 1 aromatic heterocycles. The van der Waals surface area contributed by atoms with Gasteiger partial charge in [-0.05, 0) is 36.1 Å². The Morgan fingerprint density at radius 3 is 2.65 bits per heavy atom. The molecule has 0 aliphatic carbocycles. The first-order valence-electron chi connectivity index (χ1n) is 8.61. The third-order valence-corrected chi connectivity index (χ3v) is 4.75. The first kappa shape index (κ1) is 18.9. The summed E-state index contributed by atoms with van der Waals surface area (Å²) in [6.45, 7) is 1.92. The molecule has 0 saturated carbocycles. The number of rotatable bonds is 9. The monoisotopic (exact) mass is 389 g/mol. The maximum atomic E-state index is 6.40. The van der Waals surface area contributed by atoms with Crippen LogP contribution in [0.25, 0.3) is 0 Å². The minimum atomic E-state index is 0.0817. The van der Waals surface area contributed by atoms with E-state index >= 15 is 0 Å². The van der Waals surface area contributed by atoms with Crippen LogP contribution in [0.3, 0.4) is 0 Å². The van der Waals surface area contributed by atoms with Gasteiger partial charge in [0.05, 0.1) is 13.2 Å². The van der Waals surface area contributed by atoms with Crippen molar-refractivity contribution in [2.75, 3.05) is 13.2 Å². The van der Waals surface area contributed by atoms with Gasteiger partial charge in [-0.2, -0.15) is 5.10 Å². The summed E-state index contributed by atoms with van der Waals surface area (Å²) in [7, 11) is 0. The minimum Gasteiger partial charge on any atom is -0.381 e. The predicted molar refractivity (Wildman–Crippen MR) is 105 cm³/mol. The highest BCUT2D eigenvalue weighted by molar-refractivity contribution is 6.35. The van der Waals surface area contributed by atoms with Gasteiger partial charge in [-0.25, -0.2) is 4.98 Å². The average molecular weight is 390 g/mol. The van der Waals surface area contributed by atoms with E-state index in [4.69, 9.17) is 27.9 Å². The van der Waals surface area contributed by atoms with E-state index < -0.39 is 0 Å². The fourth-order valence-electron chi connectivity index (χ4n) is 2.87. The normalized spacial score (nSPS) is 12.2. The Hall–Kier alpha value is -1.88. The van der Waals surface area contributed by atoms with Crippen molar-refractivity contribution >= 4 is 23.2 Å². The maximum Gasteiger partial charge on any atom is 0.137 e. The molecule has 0 aliphatic rings. The standard InChI is InChI=1S/C20H21Cl2N3O/c21-18-8-9-19(20(22)11-18)17(12-25-15-23-14-24-25)13-26-10-4-7-16-5-2-1-3-6-16/h1-3,5-6,8-9,11,14-15,17H,4,7,10,12-13H2. The summed E-state index contributed by atoms with van der Waals surface area (Å²) in [6.07, 6.45) is 5.22. The Kier molecular flexibility index (Phi) is 7.06. The molecule has 0 spiro atoms. The number of halogens is 2. The Balaban J connectivity index is 1.57. The van der Waals surface area contributed by atoms with Crippen LogP contribution in [0.4, 0.5) is 0 Å². The Labute approximate surface area is 163 Å². The summed E-state index contributed by atoms with van der Waals surface area (Å²) in [6, 6.07) is 16.0. The van der Waals surface area contributed by atoms with Crippen LogP contribution in [0, 0.1) is 0 Å². The molecule has 3 rings (SSSR count). The lowest BCUT2D eigenvalue weighted by Crippen LogP contribution is -2.16. The molecular weight excluding hydrogens is 369 g/mol. The number of nitrogens with zero attached hydrogens (tertiary/aromatic N) is 3. The van der Waals surface area contributed by atoms with Crippen LogP contribution < -0.4 is 0 Å². The first-order chi connectivity index (χ1) is 12.7. The number of hydrogen-bond acceptors (Lipinski definition) is 3. The van der Waals surface area contributed by atoms with Gasteiger partial charge in [-0.3, -0.25) is 4.68 Å². The average Bonchev–Trinajstić information content (AvgIpc) is 3.15. The molecule has 0 fully saturated rings. The van der Waals surface area contributed by atoms with Crippen molar-refractivity contribution in [1.82, 2.24) is 14.8 Å². The second-order valence-corrected chi connectivity index (χ2v) is 6.99. The molecule has 1 atom stereocenters. The molecule has 1 unspecified atom stereocenters. The van der Waals surface area contributed by atoms with Crippen LogP contribution in [0.15, 0.2) is 61.2 Å². The summed E-state index contributed by atoms with van der Waals surface area (Å²) < 4.78 is 7.75. The molecule has 3 aromatic rings. The highest BCUT2D eigenvalue weighted by atomic mass is 35.5. The largest absolute Gasteiger partial charge is 0.381 e. The topological polar surface area (TPSA) is 39.9 Å². The zero-order valence-electron chi connectivity index (χ0n) is 14.4. The van der Waals surface area contributed by atoms with Crippen molar-refractivity contribution in [2.45, 2.75) is 25.3 Å². The summed E-state index contributed by atoms with van der Waals surface area (Å²) in [5.74, 6) is 0.0817. The Bertz CT molecular complexity index is 794. The highest BCUT2D eigenvalue weighted by Crippen LogP contribution is 2.29. The van der Waals surface area contributed by atoms with E-state index in [2.05, 4.69) is 34.3 Å². The third kappa shape index (κ3) is 5.56. The van der Waals surface area contributed by atoms with E-state index in [-0.39, 0.29) is 5.92 Å². The molecule has 0 saturated heterocycles. The number of hydrogen-bond donors (Lipinski definition) is 0. The molecule has 0 N–H and O–H groups in total. The van der Waals surface area contributed by atoms with Crippen molar-refractivity contribution in [3.05, 3.63) is 82.4 Å². The molecule has 4 nitrogen and oxygen atoms in total. The van der Waals surface area contributed by atoms with Gasteiger partial charge in [0, 0.05) is 22.6 Å². The summed E-state index contributed by atoms with van der Waals surface area (Å²) in [5.41, 5.74) is 2.34. The van der Waals surface area contributed by atoms with Crippen molar-refractivity contribution in [3.63, 3.8) is 0 Å². The lowest BCUT2D eigenvalue weighted by atomic mass is 10.00. The second kappa shape index (κ2) is 9.72. The van der Waals surface area contributed by atoms with Crippen LogP contribution >= 0.6 is 23.2 Å². The third-order valence-electron chi connectivity index (χ3n) is 4.19. The van der Waals surface area contributed by atoms with E-state index in [1.807, 2.05) is 18.2 Å². The van der Waals surface area contributed by atoms with Crippen LogP contribution in [0.5, 0.6) is 0 Å². The lowest BCUT2D eigenvalue weighted by molar-refractivity contribution is 0.112. The molecule has 6 heteroatoms. The molecule has 0 amide bonds. The quantitative estimate of drug-likeness (QED) is 0.482. The van der Waals surface area contributed by atoms with Crippen molar-refractivity contribution in [2.24, 2.45) is 0 Å². The molecule has 26 heavy (non-hydrogen) atoms. The maximum absolute atomic E-state index is 6.40. The van der Waals surface area contributed by atoms with Gasteiger partial charge < -0.3 is 4.74 Å². The number of aryl methyl sites for hydroxylation is 1. The van der Waals surface area contributed by atoms with E-state index in [1.165, 1.54) is 11.9 Å². The van der Waals surface area contributed by atoms with Crippen molar-refractivity contribution < 1.29 is 4.74 Å². The van der Waals surface area contributed by atoms with Crippen LogP contribution in [-0.2, 0) is 17.7 Å². The zero-order chi connectivity index (χ0) is 18.2. The molecule has 2 aromatic carbocycles. The van der Waals surface area contributed by atoms with E-state index in [9.17, 15) is 0 Å². The Morgan fingerprint density at radius 1 is 1.08 bits per heavy atom. The lowest BCUT2D eigenvalue weighted by Gasteiger charge is -2.19. The molecule has 0 aliphatic heterocycles. The van der Waals surface area contributed by atoms with Crippen LogP contribution in [-0.4, -0.2) is 28.0 Å². The van der Waals surface area contributed by atoms with Gasteiger partial charge in [-0.1, -0.05) is 59.6 Å². The van der Waals surface area contributed by atoms with Crippen molar-refractivity contribution in [3.8, 4) is 0 Å². The zero-order valence-corrected chi connectivity index (χ0v) is 15.9. The number of benzene rings is 2. The summed E-state index contributed by atoms with van der Waals surface area (Å²) in [4.78, 5) is 4.01. The van der Waals surface area contributed by atoms with Gasteiger partial charge in [-0.15, -0.1) is 0 Å². The predicted octanol–water partition coefficient (Wildman–Crippen LogP) is 5.02. The first-order valence-corrected chi connectivity index (χ1v) is 9.37. The minimum absolute atomic E-state index is 0.0817. The van der Waals surface area contributed by atoms with Gasteiger partial charge in [0.1, 0.15) is 12.7 Å². The number of aromatic nitrogens is 3. The van der Waals surface area contributed by atoms with Gasteiger partial charge in [0.2, 0.25) is 0 Å². The van der Waals surface area contributed by atoms with Crippen LogP contribution in [0.1, 0.15) is 23.5 Å². The molecule has 136 valence electrons. The molecule has 0 bridgehead atoms. The van der Waals surface area contributed by atoms with Gasteiger partial charge >= 0.3 is 0 Å². The SMILES string of the molecule is Clc1ccc(C(COCCCc2ccccc2)Cn2cncn2)c(Cl)c1. The Morgan fingerprint density at radius 2 is 1.92 bits per heavy atom. The fourth-order valence-corrected chi connectivity index (χ4v) is 3.44. The summed E-state index contributed by atoms with van der Waals surface area (Å²) in [5, 5.41) is 5.47. The second-order valence-electron chi connectivity index (χ2n) is 6.14. The van der Waals surface area contributed by atoms with Gasteiger partial charge in [0.15, 0.2) is 0 Å². The fraction of sp³-hybridized carbons (Fsp3) is 0.300. The smallest absolute Gasteiger partial charge is 0.137 e. The number of ether oxygens (including phenoxy) is 1.